The van der Waals surface area contributed by atoms with Crippen LogP contribution in [0.15, 0.2) is 53.3 Å². The van der Waals surface area contributed by atoms with Crippen LogP contribution in [0.2, 0.25) is 5.02 Å². The molecular formula is C23H26ClN5O2. The first-order chi connectivity index (χ1) is 15.0. The molecule has 0 radical (unpaired) electrons. The topological polar surface area (TPSA) is 79.3 Å². The van der Waals surface area contributed by atoms with Gasteiger partial charge in [-0.1, -0.05) is 36.7 Å². The van der Waals surface area contributed by atoms with Crippen molar-refractivity contribution in [2.75, 3.05) is 23.3 Å². The average Bonchev–Trinajstić information content (AvgIpc) is 2.76. The van der Waals surface area contributed by atoms with E-state index in [-0.39, 0.29) is 17.6 Å². The highest BCUT2D eigenvalue weighted by molar-refractivity contribution is 6.30. The van der Waals surface area contributed by atoms with Gasteiger partial charge < -0.3 is 20.1 Å². The highest BCUT2D eigenvalue weighted by atomic mass is 35.5. The van der Waals surface area contributed by atoms with Crippen LogP contribution in [0.5, 0.6) is 0 Å². The number of aryl methyl sites for hydroxylation is 1. The van der Waals surface area contributed by atoms with Crippen molar-refractivity contribution in [1.29, 1.82) is 0 Å². The van der Waals surface area contributed by atoms with Crippen LogP contribution in [0, 0.1) is 0 Å². The smallest absolute Gasteiger partial charge is 0.319 e. The number of para-hydroxylation sites is 2. The second-order valence-corrected chi connectivity index (χ2v) is 8.19. The fourth-order valence-electron chi connectivity index (χ4n) is 3.98. The van der Waals surface area contributed by atoms with E-state index in [4.69, 9.17) is 11.6 Å². The van der Waals surface area contributed by atoms with Crippen LogP contribution in [0.25, 0.3) is 11.0 Å². The van der Waals surface area contributed by atoms with Gasteiger partial charge in [0, 0.05) is 36.4 Å². The third-order valence-electron chi connectivity index (χ3n) is 5.49. The summed E-state index contributed by atoms with van der Waals surface area (Å²) in [6, 6.07) is 14.6. The fraction of sp³-hybridized carbons (Fsp3) is 0.348. The summed E-state index contributed by atoms with van der Waals surface area (Å²) in [5.41, 5.74) is 2.30. The first kappa shape index (κ1) is 21.2. The van der Waals surface area contributed by atoms with Gasteiger partial charge >= 0.3 is 6.03 Å². The summed E-state index contributed by atoms with van der Waals surface area (Å²) in [5.74, 6) is 0.494. The van der Waals surface area contributed by atoms with Crippen molar-refractivity contribution in [3.63, 3.8) is 0 Å². The van der Waals surface area contributed by atoms with E-state index in [0.29, 0.717) is 36.2 Å². The van der Waals surface area contributed by atoms with E-state index in [9.17, 15) is 9.59 Å². The highest BCUT2D eigenvalue weighted by Crippen LogP contribution is 2.19. The van der Waals surface area contributed by atoms with Crippen molar-refractivity contribution >= 4 is 40.2 Å². The minimum atomic E-state index is -0.255. The summed E-state index contributed by atoms with van der Waals surface area (Å²) < 4.78 is 1.82. The molecule has 1 fully saturated rings. The average molecular weight is 440 g/mol. The first-order valence-electron chi connectivity index (χ1n) is 10.6. The summed E-state index contributed by atoms with van der Waals surface area (Å²) in [5, 5.41) is 6.39. The van der Waals surface area contributed by atoms with Gasteiger partial charge in [0.15, 0.2) is 5.82 Å². The molecule has 0 spiro atoms. The Labute approximate surface area is 186 Å². The molecule has 4 rings (SSSR count). The molecule has 8 heteroatoms. The Morgan fingerprint density at radius 1 is 1.16 bits per heavy atom. The molecule has 2 aromatic carbocycles. The summed E-state index contributed by atoms with van der Waals surface area (Å²) in [6.45, 7) is 4.05. The number of halogens is 1. The lowest BCUT2D eigenvalue weighted by molar-refractivity contribution is 0.246. The zero-order valence-corrected chi connectivity index (χ0v) is 18.2. The highest BCUT2D eigenvalue weighted by Gasteiger charge is 2.24. The van der Waals surface area contributed by atoms with Crippen LogP contribution in [0.3, 0.4) is 0 Å². The fourth-order valence-corrected chi connectivity index (χ4v) is 4.18. The maximum absolute atomic E-state index is 13.1. The number of aromatic nitrogens is 2. The van der Waals surface area contributed by atoms with Gasteiger partial charge in [0.05, 0.1) is 11.0 Å². The molecule has 0 aliphatic carbocycles. The number of hydrogen-bond acceptors (Lipinski definition) is 4. The molecule has 1 saturated heterocycles. The van der Waals surface area contributed by atoms with Crippen molar-refractivity contribution < 1.29 is 4.79 Å². The van der Waals surface area contributed by atoms with E-state index < -0.39 is 0 Å². The van der Waals surface area contributed by atoms with Gasteiger partial charge in [-0.05, 0) is 49.6 Å². The molecule has 1 aliphatic heterocycles. The van der Waals surface area contributed by atoms with Gasteiger partial charge in [0.25, 0.3) is 5.56 Å². The molecule has 0 atom stereocenters. The molecule has 2 amide bonds. The number of carbonyl (C=O) groups excluding carboxylic acids is 1. The lowest BCUT2D eigenvalue weighted by Crippen LogP contribution is -2.47. The molecule has 1 aromatic heterocycles. The molecule has 3 aromatic rings. The van der Waals surface area contributed by atoms with E-state index in [1.165, 1.54) is 0 Å². The zero-order chi connectivity index (χ0) is 21.8. The number of fused-ring (bicyclic) bond motifs is 1. The zero-order valence-electron chi connectivity index (χ0n) is 17.5. The molecule has 162 valence electrons. The molecule has 1 aliphatic rings. The van der Waals surface area contributed by atoms with Crippen LogP contribution < -0.4 is 21.1 Å². The van der Waals surface area contributed by atoms with E-state index >= 15 is 0 Å². The lowest BCUT2D eigenvalue weighted by atomic mass is 10.1. The van der Waals surface area contributed by atoms with E-state index in [1.54, 1.807) is 24.3 Å². The van der Waals surface area contributed by atoms with Crippen molar-refractivity contribution in [2.45, 2.75) is 38.8 Å². The van der Waals surface area contributed by atoms with Crippen molar-refractivity contribution in [2.24, 2.45) is 0 Å². The van der Waals surface area contributed by atoms with Crippen molar-refractivity contribution in [3.05, 3.63) is 63.9 Å². The number of piperidine rings is 1. The largest absolute Gasteiger partial charge is 0.352 e. The van der Waals surface area contributed by atoms with Gasteiger partial charge in [-0.2, -0.15) is 0 Å². The normalized spacial score (nSPS) is 14.6. The van der Waals surface area contributed by atoms with Crippen LogP contribution >= 0.6 is 11.6 Å². The lowest BCUT2D eigenvalue weighted by Gasteiger charge is -2.33. The molecule has 2 N–H and O–H groups in total. The molecule has 0 bridgehead atoms. The number of hydrogen-bond donors (Lipinski definition) is 2. The molecular weight excluding hydrogens is 414 g/mol. The number of benzene rings is 2. The number of urea groups is 1. The molecule has 31 heavy (non-hydrogen) atoms. The minimum Gasteiger partial charge on any atom is -0.352 e. The molecule has 2 heterocycles. The third kappa shape index (κ3) is 4.82. The number of amides is 2. The van der Waals surface area contributed by atoms with Crippen LogP contribution in [-0.4, -0.2) is 34.7 Å². The minimum absolute atomic E-state index is 0.0359. The maximum Gasteiger partial charge on any atom is 0.319 e. The van der Waals surface area contributed by atoms with Gasteiger partial charge in [0.2, 0.25) is 0 Å². The number of carbonyl (C=O) groups is 1. The SMILES string of the molecule is CCCn1c(=O)c(N2CCC(NC(=O)Nc3cccc(Cl)c3)CC2)nc2ccccc21. The predicted octanol–water partition coefficient (Wildman–Crippen LogP) is 4.25. The number of rotatable bonds is 5. The molecule has 0 unspecified atom stereocenters. The first-order valence-corrected chi connectivity index (χ1v) is 11.0. The van der Waals surface area contributed by atoms with Crippen molar-refractivity contribution in [1.82, 2.24) is 14.9 Å². The summed E-state index contributed by atoms with van der Waals surface area (Å²) in [6.07, 6.45) is 2.36. The van der Waals surface area contributed by atoms with Crippen LogP contribution in [0.4, 0.5) is 16.3 Å². The second-order valence-electron chi connectivity index (χ2n) is 7.75. The Kier molecular flexibility index (Phi) is 6.42. The van der Waals surface area contributed by atoms with E-state index in [0.717, 1.165) is 30.3 Å². The number of nitrogens with one attached hydrogen (secondary N) is 2. The Balaban J connectivity index is 1.43. The van der Waals surface area contributed by atoms with Gasteiger partial charge in [-0.15, -0.1) is 0 Å². The quantitative estimate of drug-likeness (QED) is 0.622. The van der Waals surface area contributed by atoms with Crippen LogP contribution in [0.1, 0.15) is 26.2 Å². The monoisotopic (exact) mass is 439 g/mol. The third-order valence-corrected chi connectivity index (χ3v) is 5.73. The Morgan fingerprint density at radius 2 is 1.94 bits per heavy atom. The summed E-state index contributed by atoms with van der Waals surface area (Å²) >= 11 is 5.96. The Hall–Kier alpha value is -3.06. The van der Waals surface area contributed by atoms with Gasteiger partial charge in [0.1, 0.15) is 0 Å². The maximum atomic E-state index is 13.1. The van der Waals surface area contributed by atoms with E-state index in [1.807, 2.05) is 33.7 Å². The second kappa shape index (κ2) is 9.39. The van der Waals surface area contributed by atoms with Gasteiger partial charge in [-0.25, -0.2) is 9.78 Å². The standard InChI is InChI=1S/C23H26ClN5O2/c1-2-12-29-20-9-4-3-8-19(20)27-21(22(29)30)28-13-10-17(11-14-28)25-23(31)26-18-7-5-6-16(24)15-18/h3-9,15,17H,2,10-14H2,1H3,(H2,25,26,31). The van der Waals surface area contributed by atoms with Gasteiger partial charge in [-0.3, -0.25) is 4.79 Å². The van der Waals surface area contributed by atoms with Crippen LogP contribution in [-0.2, 0) is 6.54 Å². The summed E-state index contributed by atoms with van der Waals surface area (Å²) in [7, 11) is 0. The predicted molar refractivity (Wildman–Crippen MR) is 125 cm³/mol. The Bertz CT molecular complexity index is 1140. The summed E-state index contributed by atoms with van der Waals surface area (Å²) in [4.78, 5) is 32.2. The number of nitrogens with zero attached hydrogens (tertiary/aromatic N) is 3. The molecule has 0 saturated carbocycles. The Morgan fingerprint density at radius 3 is 2.68 bits per heavy atom. The van der Waals surface area contributed by atoms with E-state index in [2.05, 4.69) is 22.5 Å². The number of anilines is 2. The molecule has 7 nitrogen and oxygen atoms in total. The van der Waals surface area contributed by atoms with Crippen molar-refractivity contribution in [3.8, 4) is 0 Å².